The normalized spacial score (nSPS) is 18.6. The number of sulfonamides is 1. The van der Waals surface area contributed by atoms with E-state index in [2.05, 4.69) is 16.7 Å². The Hall–Kier alpha value is -0.910. The van der Waals surface area contributed by atoms with Gasteiger partial charge in [0.1, 0.15) is 0 Å². The van der Waals surface area contributed by atoms with Crippen molar-refractivity contribution in [1.29, 1.82) is 0 Å². The van der Waals surface area contributed by atoms with Crippen molar-refractivity contribution in [3.8, 4) is 0 Å². The van der Waals surface area contributed by atoms with Crippen molar-refractivity contribution in [1.82, 2.24) is 9.62 Å². The van der Waals surface area contributed by atoms with Gasteiger partial charge >= 0.3 is 0 Å². The Bertz CT molecular complexity index is 503. The van der Waals surface area contributed by atoms with Crippen LogP contribution in [0.3, 0.4) is 0 Å². The molecule has 2 rings (SSSR count). The van der Waals surface area contributed by atoms with Gasteiger partial charge in [-0.2, -0.15) is 0 Å². The van der Waals surface area contributed by atoms with Gasteiger partial charge in [-0.15, -0.1) is 0 Å². The minimum Gasteiger partial charge on any atom is -0.306 e. The van der Waals surface area contributed by atoms with Crippen molar-refractivity contribution in [2.45, 2.75) is 31.6 Å². The number of piperidine rings is 1. The van der Waals surface area contributed by atoms with Gasteiger partial charge in [0.15, 0.2) is 0 Å². The molecule has 106 valence electrons. The highest BCUT2D eigenvalue weighted by atomic mass is 32.2. The first-order chi connectivity index (χ1) is 8.94. The summed E-state index contributed by atoms with van der Waals surface area (Å²) >= 11 is 0. The fourth-order valence-corrected chi connectivity index (χ4v) is 3.78. The van der Waals surface area contributed by atoms with Crippen molar-refractivity contribution >= 4 is 10.0 Å². The number of nitrogens with one attached hydrogen (secondary N) is 1. The van der Waals surface area contributed by atoms with Crippen molar-refractivity contribution in [2.75, 3.05) is 20.1 Å². The Labute approximate surface area is 115 Å². The van der Waals surface area contributed by atoms with E-state index in [-0.39, 0.29) is 11.8 Å². The van der Waals surface area contributed by atoms with E-state index in [1.807, 2.05) is 31.2 Å². The number of likely N-dealkylation sites (tertiary alicyclic amines) is 1. The Morgan fingerprint density at radius 2 is 1.79 bits per heavy atom. The number of rotatable bonds is 4. The molecule has 0 spiro atoms. The van der Waals surface area contributed by atoms with E-state index in [0.717, 1.165) is 37.1 Å². The molecule has 1 heterocycles. The number of aryl methyl sites for hydroxylation is 1. The van der Waals surface area contributed by atoms with Crippen LogP contribution < -0.4 is 4.72 Å². The third-order valence-electron chi connectivity index (χ3n) is 3.54. The molecular formula is C14H22N2O2S. The molecule has 1 aliphatic heterocycles. The van der Waals surface area contributed by atoms with Crippen LogP contribution >= 0.6 is 0 Å². The second-order valence-corrected chi connectivity index (χ2v) is 7.19. The fourth-order valence-electron chi connectivity index (χ4n) is 2.33. The first kappa shape index (κ1) is 14.5. The summed E-state index contributed by atoms with van der Waals surface area (Å²) in [4.78, 5) is 2.23. The maximum absolute atomic E-state index is 12.1. The maximum Gasteiger partial charge on any atom is 0.216 e. The number of benzene rings is 1. The fraction of sp³-hybridized carbons (Fsp3) is 0.571. The summed E-state index contributed by atoms with van der Waals surface area (Å²) in [6, 6.07) is 7.74. The Balaban J connectivity index is 1.93. The monoisotopic (exact) mass is 282 g/mol. The second kappa shape index (κ2) is 6.03. The molecule has 0 saturated carbocycles. The van der Waals surface area contributed by atoms with Gasteiger partial charge in [0.05, 0.1) is 5.75 Å². The van der Waals surface area contributed by atoms with E-state index in [0.29, 0.717) is 0 Å². The Morgan fingerprint density at radius 3 is 2.37 bits per heavy atom. The van der Waals surface area contributed by atoms with Crippen LogP contribution in [0.1, 0.15) is 24.0 Å². The van der Waals surface area contributed by atoms with Gasteiger partial charge in [-0.25, -0.2) is 13.1 Å². The molecule has 1 aromatic carbocycles. The topological polar surface area (TPSA) is 49.4 Å². The van der Waals surface area contributed by atoms with E-state index in [1.54, 1.807) is 0 Å². The minimum atomic E-state index is -3.23. The molecule has 0 radical (unpaired) electrons. The summed E-state index contributed by atoms with van der Waals surface area (Å²) in [5, 5.41) is 0. The van der Waals surface area contributed by atoms with Crippen LogP contribution in [0.2, 0.25) is 0 Å². The zero-order chi connectivity index (χ0) is 13.9. The van der Waals surface area contributed by atoms with Gasteiger partial charge in [0.25, 0.3) is 0 Å². The summed E-state index contributed by atoms with van der Waals surface area (Å²) in [5.74, 6) is 0.0691. The lowest BCUT2D eigenvalue weighted by Gasteiger charge is -2.29. The molecule has 0 aromatic heterocycles. The number of hydrogen-bond donors (Lipinski definition) is 1. The molecular weight excluding hydrogens is 260 g/mol. The molecule has 1 aliphatic rings. The SMILES string of the molecule is Cc1ccc(CS(=O)(=O)NC2CCN(C)CC2)cc1. The predicted octanol–water partition coefficient (Wildman–Crippen LogP) is 1.51. The summed E-state index contributed by atoms with van der Waals surface area (Å²) in [6.07, 6.45) is 1.78. The third-order valence-corrected chi connectivity index (χ3v) is 4.95. The van der Waals surface area contributed by atoms with Crippen LogP contribution in [-0.2, 0) is 15.8 Å². The van der Waals surface area contributed by atoms with E-state index in [9.17, 15) is 8.42 Å². The summed E-state index contributed by atoms with van der Waals surface area (Å²) in [5.41, 5.74) is 1.98. The third kappa shape index (κ3) is 4.60. The molecule has 4 nitrogen and oxygen atoms in total. The number of nitrogens with zero attached hydrogens (tertiary/aromatic N) is 1. The van der Waals surface area contributed by atoms with Crippen LogP contribution in [0.15, 0.2) is 24.3 Å². The van der Waals surface area contributed by atoms with Gasteiger partial charge in [-0.1, -0.05) is 29.8 Å². The van der Waals surface area contributed by atoms with Crippen LogP contribution in [0.4, 0.5) is 0 Å². The lowest BCUT2D eigenvalue weighted by molar-refractivity contribution is 0.248. The predicted molar refractivity (Wildman–Crippen MR) is 77.5 cm³/mol. The van der Waals surface area contributed by atoms with Crippen LogP contribution in [0.5, 0.6) is 0 Å². The summed E-state index contributed by atoms with van der Waals surface area (Å²) < 4.78 is 27.0. The van der Waals surface area contributed by atoms with Gasteiger partial charge in [0, 0.05) is 6.04 Å². The highest BCUT2D eigenvalue weighted by Crippen LogP contribution is 2.12. The average molecular weight is 282 g/mol. The summed E-state index contributed by atoms with van der Waals surface area (Å²) in [7, 11) is -1.17. The van der Waals surface area contributed by atoms with E-state index in [1.165, 1.54) is 0 Å². The largest absolute Gasteiger partial charge is 0.306 e. The molecule has 1 saturated heterocycles. The van der Waals surface area contributed by atoms with Gasteiger partial charge < -0.3 is 4.90 Å². The molecule has 5 heteroatoms. The average Bonchev–Trinajstić information content (AvgIpc) is 2.34. The zero-order valence-corrected chi connectivity index (χ0v) is 12.4. The van der Waals surface area contributed by atoms with E-state index >= 15 is 0 Å². The van der Waals surface area contributed by atoms with Crippen LogP contribution in [0.25, 0.3) is 0 Å². The first-order valence-electron chi connectivity index (χ1n) is 6.69. The van der Waals surface area contributed by atoms with Crippen LogP contribution in [0, 0.1) is 6.92 Å². The summed E-state index contributed by atoms with van der Waals surface area (Å²) in [6.45, 7) is 3.91. The first-order valence-corrected chi connectivity index (χ1v) is 8.34. The maximum atomic E-state index is 12.1. The van der Waals surface area contributed by atoms with Crippen LogP contribution in [-0.4, -0.2) is 39.5 Å². The molecule has 1 aromatic rings. The molecule has 0 unspecified atom stereocenters. The Kier molecular flexibility index (Phi) is 4.60. The molecule has 1 N–H and O–H groups in total. The minimum absolute atomic E-state index is 0.0691. The molecule has 0 bridgehead atoms. The lowest BCUT2D eigenvalue weighted by atomic mass is 10.1. The molecule has 19 heavy (non-hydrogen) atoms. The highest BCUT2D eigenvalue weighted by molar-refractivity contribution is 7.88. The quantitative estimate of drug-likeness (QED) is 0.910. The van der Waals surface area contributed by atoms with Crippen molar-refractivity contribution in [3.63, 3.8) is 0 Å². The highest BCUT2D eigenvalue weighted by Gasteiger charge is 2.22. The van der Waals surface area contributed by atoms with Gasteiger partial charge in [-0.05, 0) is 45.5 Å². The van der Waals surface area contributed by atoms with Crippen molar-refractivity contribution < 1.29 is 8.42 Å². The van der Waals surface area contributed by atoms with Crippen molar-refractivity contribution in [3.05, 3.63) is 35.4 Å². The van der Waals surface area contributed by atoms with Gasteiger partial charge in [0.2, 0.25) is 10.0 Å². The smallest absolute Gasteiger partial charge is 0.216 e. The molecule has 0 aliphatic carbocycles. The number of hydrogen-bond acceptors (Lipinski definition) is 3. The Morgan fingerprint density at radius 1 is 1.21 bits per heavy atom. The molecule has 0 amide bonds. The molecule has 0 atom stereocenters. The second-order valence-electron chi connectivity index (χ2n) is 5.44. The van der Waals surface area contributed by atoms with E-state index < -0.39 is 10.0 Å². The lowest BCUT2D eigenvalue weighted by Crippen LogP contribution is -2.43. The zero-order valence-electron chi connectivity index (χ0n) is 11.6. The molecule has 1 fully saturated rings. The standard InChI is InChI=1S/C14H22N2O2S/c1-12-3-5-13(6-4-12)11-19(17,18)15-14-7-9-16(2)10-8-14/h3-6,14-15H,7-11H2,1-2H3. The van der Waals surface area contributed by atoms with Gasteiger partial charge in [-0.3, -0.25) is 0 Å². The van der Waals surface area contributed by atoms with Crippen molar-refractivity contribution in [2.24, 2.45) is 0 Å². The van der Waals surface area contributed by atoms with E-state index in [4.69, 9.17) is 0 Å².